The summed E-state index contributed by atoms with van der Waals surface area (Å²) in [5.41, 5.74) is 5.65. The molecule has 0 amide bonds. The lowest BCUT2D eigenvalue weighted by molar-refractivity contribution is -0.387. The standard InChI is InChI=1S/C11H13FN2O2/c12-10-8(4-5-11(13)6-7-11)2-1-3-9(10)14(15)16/h1-3H,4-7,13H2. The summed E-state index contributed by atoms with van der Waals surface area (Å²) in [4.78, 5) is 9.83. The smallest absolute Gasteiger partial charge is 0.305 e. The second-order valence-corrected chi connectivity index (χ2v) is 4.37. The summed E-state index contributed by atoms with van der Waals surface area (Å²) in [5.74, 6) is -0.725. The van der Waals surface area contributed by atoms with Gasteiger partial charge >= 0.3 is 5.69 Å². The lowest BCUT2D eigenvalue weighted by Crippen LogP contribution is -2.22. The first-order valence-corrected chi connectivity index (χ1v) is 5.22. The predicted molar refractivity (Wildman–Crippen MR) is 57.5 cm³/mol. The van der Waals surface area contributed by atoms with Crippen LogP contribution in [-0.2, 0) is 6.42 Å². The number of nitro groups is 1. The van der Waals surface area contributed by atoms with Crippen LogP contribution in [0.5, 0.6) is 0 Å². The van der Waals surface area contributed by atoms with Gasteiger partial charge in [-0.05, 0) is 31.2 Å². The van der Waals surface area contributed by atoms with Gasteiger partial charge in [0.05, 0.1) is 4.92 Å². The van der Waals surface area contributed by atoms with Gasteiger partial charge in [0, 0.05) is 11.6 Å². The zero-order valence-electron chi connectivity index (χ0n) is 8.78. The number of nitro benzene ring substituents is 1. The first-order valence-electron chi connectivity index (χ1n) is 5.22. The Kier molecular flexibility index (Phi) is 2.63. The van der Waals surface area contributed by atoms with Crippen molar-refractivity contribution >= 4 is 5.69 Å². The van der Waals surface area contributed by atoms with Crippen LogP contribution in [-0.4, -0.2) is 10.5 Å². The number of halogens is 1. The number of nitrogens with two attached hydrogens (primary N) is 1. The van der Waals surface area contributed by atoms with E-state index in [4.69, 9.17) is 5.73 Å². The SMILES string of the molecule is NC1(CCc2cccc([N+](=O)[O-])c2F)CC1. The minimum absolute atomic E-state index is 0.156. The molecule has 1 aliphatic carbocycles. The van der Waals surface area contributed by atoms with Gasteiger partial charge in [0.15, 0.2) is 0 Å². The highest BCUT2D eigenvalue weighted by Crippen LogP contribution is 2.37. The van der Waals surface area contributed by atoms with Crippen molar-refractivity contribution in [2.75, 3.05) is 0 Å². The summed E-state index contributed by atoms with van der Waals surface area (Å²) in [7, 11) is 0. The summed E-state index contributed by atoms with van der Waals surface area (Å²) < 4.78 is 13.6. The molecule has 1 saturated carbocycles. The molecule has 16 heavy (non-hydrogen) atoms. The Hall–Kier alpha value is -1.49. The molecular formula is C11H13FN2O2. The highest BCUT2D eigenvalue weighted by atomic mass is 19.1. The lowest BCUT2D eigenvalue weighted by Gasteiger charge is -2.08. The van der Waals surface area contributed by atoms with Crippen LogP contribution in [0.4, 0.5) is 10.1 Å². The minimum Gasteiger partial charge on any atom is -0.325 e. The van der Waals surface area contributed by atoms with Crippen LogP contribution >= 0.6 is 0 Å². The summed E-state index contributed by atoms with van der Waals surface area (Å²) in [6, 6.07) is 4.26. The number of hydrogen-bond acceptors (Lipinski definition) is 3. The van der Waals surface area contributed by atoms with Crippen LogP contribution in [0.3, 0.4) is 0 Å². The topological polar surface area (TPSA) is 69.2 Å². The van der Waals surface area contributed by atoms with Crippen LogP contribution in [0.25, 0.3) is 0 Å². The van der Waals surface area contributed by atoms with Crippen LogP contribution in [0.15, 0.2) is 18.2 Å². The van der Waals surface area contributed by atoms with Crippen molar-refractivity contribution in [1.82, 2.24) is 0 Å². The van der Waals surface area contributed by atoms with Crippen molar-refractivity contribution in [3.8, 4) is 0 Å². The van der Waals surface area contributed by atoms with Gasteiger partial charge in [-0.3, -0.25) is 10.1 Å². The highest BCUT2D eigenvalue weighted by Gasteiger charge is 2.37. The number of nitrogens with zero attached hydrogens (tertiary/aromatic N) is 1. The summed E-state index contributed by atoms with van der Waals surface area (Å²) in [5, 5.41) is 10.5. The van der Waals surface area contributed by atoms with E-state index in [1.54, 1.807) is 6.07 Å². The number of hydrogen-bond donors (Lipinski definition) is 1. The number of rotatable bonds is 4. The van der Waals surface area contributed by atoms with E-state index in [-0.39, 0.29) is 5.54 Å². The molecule has 2 rings (SSSR count). The van der Waals surface area contributed by atoms with E-state index in [1.165, 1.54) is 12.1 Å². The van der Waals surface area contributed by atoms with E-state index >= 15 is 0 Å². The molecule has 1 aromatic carbocycles. The van der Waals surface area contributed by atoms with Gasteiger partial charge in [-0.2, -0.15) is 4.39 Å². The minimum atomic E-state index is -0.725. The Morgan fingerprint density at radius 1 is 1.50 bits per heavy atom. The van der Waals surface area contributed by atoms with Crippen LogP contribution < -0.4 is 5.73 Å². The van der Waals surface area contributed by atoms with Crippen molar-refractivity contribution in [2.24, 2.45) is 5.73 Å². The Morgan fingerprint density at radius 2 is 2.19 bits per heavy atom. The van der Waals surface area contributed by atoms with E-state index in [0.717, 1.165) is 12.8 Å². The third kappa shape index (κ3) is 2.19. The fourth-order valence-electron chi connectivity index (χ4n) is 1.69. The summed E-state index contributed by atoms with van der Waals surface area (Å²) >= 11 is 0. The van der Waals surface area contributed by atoms with Gasteiger partial charge in [0.1, 0.15) is 0 Å². The fraction of sp³-hybridized carbons (Fsp3) is 0.455. The molecule has 0 aliphatic heterocycles. The maximum Gasteiger partial charge on any atom is 0.305 e. The lowest BCUT2D eigenvalue weighted by atomic mass is 10.0. The molecule has 0 radical (unpaired) electrons. The van der Waals surface area contributed by atoms with Crippen molar-refractivity contribution in [1.29, 1.82) is 0 Å². The molecule has 0 aromatic heterocycles. The molecule has 2 N–H and O–H groups in total. The van der Waals surface area contributed by atoms with E-state index < -0.39 is 16.4 Å². The molecule has 4 nitrogen and oxygen atoms in total. The average molecular weight is 224 g/mol. The molecule has 0 saturated heterocycles. The molecule has 5 heteroatoms. The summed E-state index contributed by atoms with van der Waals surface area (Å²) in [6.45, 7) is 0. The molecular weight excluding hydrogens is 211 g/mol. The third-order valence-electron chi connectivity index (χ3n) is 3.04. The molecule has 1 aliphatic rings. The normalized spacial score (nSPS) is 17.1. The molecule has 0 heterocycles. The van der Waals surface area contributed by atoms with Gasteiger partial charge in [-0.15, -0.1) is 0 Å². The average Bonchev–Trinajstić information content (AvgIpc) is 2.95. The zero-order chi connectivity index (χ0) is 11.8. The van der Waals surface area contributed by atoms with Crippen molar-refractivity contribution in [3.63, 3.8) is 0 Å². The molecule has 1 aromatic rings. The van der Waals surface area contributed by atoms with Crippen LogP contribution in [0.1, 0.15) is 24.8 Å². The monoisotopic (exact) mass is 224 g/mol. The van der Waals surface area contributed by atoms with Gasteiger partial charge in [0.25, 0.3) is 0 Å². The van der Waals surface area contributed by atoms with Gasteiger partial charge in [0.2, 0.25) is 5.82 Å². The molecule has 0 atom stereocenters. The van der Waals surface area contributed by atoms with Crippen molar-refractivity contribution in [2.45, 2.75) is 31.2 Å². The van der Waals surface area contributed by atoms with Crippen LogP contribution in [0.2, 0.25) is 0 Å². The molecule has 1 fully saturated rings. The van der Waals surface area contributed by atoms with E-state index in [9.17, 15) is 14.5 Å². The highest BCUT2D eigenvalue weighted by molar-refractivity contribution is 5.37. The van der Waals surface area contributed by atoms with Crippen molar-refractivity contribution < 1.29 is 9.31 Å². The molecule has 86 valence electrons. The second kappa shape index (κ2) is 3.83. The van der Waals surface area contributed by atoms with E-state index in [2.05, 4.69) is 0 Å². The maximum absolute atomic E-state index is 13.6. The van der Waals surface area contributed by atoms with Crippen LogP contribution in [0, 0.1) is 15.9 Å². The number of benzene rings is 1. The fourth-order valence-corrected chi connectivity index (χ4v) is 1.69. The second-order valence-electron chi connectivity index (χ2n) is 4.37. The molecule has 0 spiro atoms. The van der Waals surface area contributed by atoms with Gasteiger partial charge in [-0.25, -0.2) is 0 Å². The molecule has 0 bridgehead atoms. The number of aryl methyl sites for hydroxylation is 1. The zero-order valence-corrected chi connectivity index (χ0v) is 8.78. The first kappa shape index (κ1) is 11.0. The Labute approximate surface area is 92.4 Å². The Balaban J connectivity index is 2.14. The van der Waals surface area contributed by atoms with E-state index in [1.807, 2.05) is 0 Å². The largest absolute Gasteiger partial charge is 0.325 e. The third-order valence-corrected chi connectivity index (χ3v) is 3.04. The summed E-state index contributed by atoms with van der Waals surface area (Å²) in [6.07, 6.45) is 3.07. The van der Waals surface area contributed by atoms with E-state index in [0.29, 0.717) is 18.4 Å². The first-order chi connectivity index (χ1) is 7.52. The predicted octanol–water partition coefficient (Wildman–Crippen LogP) is 2.16. The maximum atomic E-state index is 13.6. The van der Waals surface area contributed by atoms with Crippen molar-refractivity contribution in [3.05, 3.63) is 39.7 Å². The molecule has 0 unspecified atom stereocenters. The van der Waals surface area contributed by atoms with Gasteiger partial charge < -0.3 is 5.73 Å². The van der Waals surface area contributed by atoms with Gasteiger partial charge in [-0.1, -0.05) is 12.1 Å². The Morgan fingerprint density at radius 3 is 2.75 bits per heavy atom. The quantitative estimate of drug-likeness (QED) is 0.629. The Bertz CT molecular complexity index is 430.